The van der Waals surface area contributed by atoms with Gasteiger partial charge in [0.05, 0.1) is 0 Å². The lowest BCUT2D eigenvalue weighted by atomic mass is 10.2. The molecule has 0 aliphatic heterocycles. The molecule has 0 spiro atoms. The Labute approximate surface area is 63.8 Å². The molecule has 0 aromatic rings. The first-order chi connectivity index (χ1) is 4.54. The van der Waals surface area contributed by atoms with Gasteiger partial charge in [-0.2, -0.15) is 0 Å². The lowest BCUT2D eigenvalue weighted by Gasteiger charge is -2.09. The van der Waals surface area contributed by atoms with Crippen molar-refractivity contribution in [2.24, 2.45) is 5.92 Å². The summed E-state index contributed by atoms with van der Waals surface area (Å²) >= 11 is 1.01. The molecule has 58 valence electrons. The molecule has 0 aliphatic carbocycles. The molecule has 0 fully saturated rings. The van der Waals surface area contributed by atoms with E-state index in [2.05, 4.69) is 0 Å². The normalized spacial score (nSPS) is 12.6. The van der Waals surface area contributed by atoms with E-state index in [1.165, 1.54) is 13.8 Å². The smallest absolute Gasteiger partial charge is 0.185 e. The first-order valence-electron chi connectivity index (χ1n) is 2.88. The van der Waals surface area contributed by atoms with Crippen molar-refractivity contribution >= 4 is 22.8 Å². The molecular formula is C6H9O3S-. The highest BCUT2D eigenvalue weighted by atomic mass is 32.2. The molecule has 0 saturated carbocycles. The topological polar surface area (TPSA) is 57.2 Å². The summed E-state index contributed by atoms with van der Waals surface area (Å²) in [7, 11) is 0. The maximum absolute atomic E-state index is 10.3. The van der Waals surface area contributed by atoms with Crippen molar-refractivity contribution in [3.05, 3.63) is 0 Å². The van der Waals surface area contributed by atoms with E-state index in [1.54, 1.807) is 0 Å². The van der Waals surface area contributed by atoms with Crippen LogP contribution in [0.15, 0.2) is 0 Å². The lowest BCUT2D eigenvalue weighted by molar-refractivity contribution is -0.310. The van der Waals surface area contributed by atoms with Gasteiger partial charge < -0.3 is 9.90 Å². The number of aliphatic carboxylic acids is 1. The molecule has 4 heteroatoms. The van der Waals surface area contributed by atoms with Gasteiger partial charge in [-0.3, -0.25) is 4.79 Å². The van der Waals surface area contributed by atoms with E-state index in [-0.39, 0.29) is 5.12 Å². The molecule has 0 aromatic carbocycles. The summed E-state index contributed by atoms with van der Waals surface area (Å²) in [5.74, 6) is -1.35. The maximum Gasteiger partial charge on any atom is 0.185 e. The second kappa shape index (κ2) is 4.33. The highest BCUT2D eigenvalue weighted by Crippen LogP contribution is 2.07. The number of carboxylic acid groups (broad SMARTS) is 1. The van der Waals surface area contributed by atoms with Crippen LogP contribution in [-0.2, 0) is 9.59 Å². The summed E-state index contributed by atoms with van der Waals surface area (Å²) < 4.78 is 0. The van der Waals surface area contributed by atoms with Gasteiger partial charge in [0.25, 0.3) is 0 Å². The summed E-state index contributed by atoms with van der Waals surface area (Å²) in [6.45, 7) is 2.93. The third-order valence-electron chi connectivity index (χ3n) is 0.939. The second-order valence-corrected chi connectivity index (χ2v) is 3.22. The summed E-state index contributed by atoms with van der Waals surface area (Å²) in [6.07, 6.45) is 0. The third kappa shape index (κ3) is 4.38. The van der Waals surface area contributed by atoms with Crippen LogP contribution in [0.2, 0.25) is 0 Å². The first-order valence-corrected chi connectivity index (χ1v) is 3.87. The minimum atomic E-state index is -1.10. The van der Waals surface area contributed by atoms with E-state index in [9.17, 15) is 14.7 Å². The van der Waals surface area contributed by atoms with Crippen molar-refractivity contribution in [1.29, 1.82) is 0 Å². The zero-order chi connectivity index (χ0) is 8.15. The molecule has 1 atom stereocenters. The molecule has 0 rings (SSSR count). The van der Waals surface area contributed by atoms with E-state index in [0.29, 0.717) is 5.75 Å². The fourth-order valence-electron chi connectivity index (χ4n) is 0.310. The molecule has 0 unspecified atom stereocenters. The van der Waals surface area contributed by atoms with Crippen LogP contribution in [0.25, 0.3) is 0 Å². The van der Waals surface area contributed by atoms with Crippen LogP contribution in [0.5, 0.6) is 0 Å². The average molecular weight is 161 g/mol. The third-order valence-corrected chi connectivity index (χ3v) is 2.01. The van der Waals surface area contributed by atoms with Gasteiger partial charge >= 0.3 is 0 Å². The van der Waals surface area contributed by atoms with Gasteiger partial charge in [0.15, 0.2) is 5.12 Å². The fourth-order valence-corrected chi connectivity index (χ4v) is 0.931. The van der Waals surface area contributed by atoms with Crippen molar-refractivity contribution in [3.8, 4) is 0 Å². The lowest BCUT2D eigenvalue weighted by Crippen LogP contribution is -2.30. The van der Waals surface area contributed by atoms with E-state index in [4.69, 9.17) is 0 Å². The highest BCUT2D eigenvalue weighted by molar-refractivity contribution is 8.13. The first kappa shape index (κ1) is 9.49. The Morgan fingerprint density at radius 2 is 2.10 bits per heavy atom. The maximum atomic E-state index is 10.3. The summed E-state index contributed by atoms with van der Waals surface area (Å²) in [4.78, 5) is 20.4. The molecule has 10 heavy (non-hydrogen) atoms. The standard InChI is InChI=1S/C6H10O3S/c1-4(6(8)9)3-10-5(2)7/h4H,3H2,1-2H3,(H,8,9)/p-1/t4-/m0/s1. The molecule has 3 nitrogen and oxygen atoms in total. The van der Waals surface area contributed by atoms with Crippen molar-refractivity contribution < 1.29 is 14.7 Å². The predicted molar refractivity (Wildman–Crippen MR) is 37.3 cm³/mol. The second-order valence-electron chi connectivity index (χ2n) is 2.02. The minimum Gasteiger partial charge on any atom is -0.550 e. The quantitative estimate of drug-likeness (QED) is 0.567. The SMILES string of the molecule is CC(=O)SC[C@H](C)C(=O)[O-]. The van der Waals surface area contributed by atoms with E-state index in [1.807, 2.05) is 0 Å². The zero-order valence-electron chi connectivity index (χ0n) is 5.92. The molecule has 0 aliphatic rings. The number of carboxylic acids is 1. The van der Waals surface area contributed by atoms with Crippen LogP contribution in [0.3, 0.4) is 0 Å². The number of carbonyl (C=O) groups excluding carboxylic acids is 2. The van der Waals surface area contributed by atoms with Gasteiger partial charge in [-0.15, -0.1) is 0 Å². The summed E-state index contributed by atoms with van der Waals surface area (Å²) in [6, 6.07) is 0. The van der Waals surface area contributed by atoms with Gasteiger partial charge in [0.1, 0.15) is 0 Å². The molecule has 0 radical (unpaired) electrons. The van der Waals surface area contributed by atoms with Crippen LogP contribution >= 0.6 is 11.8 Å². The monoisotopic (exact) mass is 161 g/mol. The number of thioether (sulfide) groups is 1. The summed E-state index contributed by atoms with van der Waals surface area (Å²) in [5.41, 5.74) is 0. The van der Waals surface area contributed by atoms with E-state index < -0.39 is 11.9 Å². The molecule has 0 saturated heterocycles. The minimum absolute atomic E-state index is 0.0619. The zero-order valence-corrected chi connectivity index (χ0v) is 6.73. The fraction of sp³-hybridized carbons (Fsp3) is 0.667. The molecule has 0 bridgehead atoms. The van der Waals surface area contributed by atoms with Crippen molar-refractivity contribution in [3.63, 3.8) is 0 Å². The molecule has 0 heterocycles. The Morgan fingerprint density at radius 3 is 2.40 bits per heavy atom. The average Bonchev–Trinajstić information content (AvgIpc) is 1.82. The van der Waals surface area contributed by atoms with Crippen molar-refractivity contribution in [2.75, 3.05) is 5.75 Å². The van der Waals surface area contributed by atoms with Crippen molar-refractivity contribution in [1.82, 2.24) is 0 Å². The molecule has 0 aromatic heterocycles. The Morgan fingerprint density at radius 1 is 1.60 bits per heavy atom. The van der Waals surface area contributed by atoms with E-state index >= 15 is 0 Å². The van der Waals surface area contributed by atoms with Gasteiger partial charge in [0.2, 0.25) is 0 Å². The largest absolute Gasteiger partial charge is 0.550 e. The van der Waals surface area contributed by atoms with Crippen LogP contribution in [-0.4, -0.2) is 16.8 Å². The molecular weight excluding hydrogens is 152 g/mol. The van der Waals surface area contributed by atoms with Gasteiger partial charge in [0, 0.05) is 24.6 Å². The van der Waals surface area contributed by atoms with Crippen LogP contribution in [0.1, 0.15) is 13.8 Å². The predicted octanol–water partition coefficient (Wildman–Crippen LogP) is -0.348. The van der Waals surface area contributed by atoms with Crippen LogP contribution in [0.4, 0.5) is 0 Å². The van der Waals surface area contributed by atoms with Crippen molar-refractivity contribution in [2.45, 2.75) is 13.8 Å². The summed E-state index contributed by atoms with van der Waals surface area (Å²) in [5, 5.41) is 10.0. The van der Waals surface area contributed by atoms with Gasteiger partial charge in [-0.05, 0) is 0 Å². The number of rotatable bonds is 3. The Hall–Kier alpha value is -0.510. The number of carbonyl (C=O) groups is 2. The number of hydrogen-bond donors (Lipinski definition) is 0. The van der Waals surface area contributed by atoms with Crippen LogP contribution < -0.4 is 5.11 Å². The Balaban J connectivity index is 3.49. The van der Waals surface area contributed by atoms with Gasteiger partial charge in [-0.1, -0.05) is 18.7 Å². The van der Waals surface area contributed by atoms with Crippen LogP contribution in [0, 0.1) is 5.92 Å². The molecule has 0 amide bonds. The van der Waals surface area contributed by atoms with Gasteiger partial charge in [-0.25, -0.2) is 0 Å². The Kier molecular flexibility index (Phi) is 4.11. The highest BCUT2D eigenvalue weighted by Gasteiger charge is 2.03. The Bertz CT molecular complexity index is 144. The number of hydrogen-bond acceptors (Lipinski definition) is 4. The van der Waals surface area contributed by atoms with E-state index in [0.717, 1.165) is 11.8 Å². The molecule has 0 N–H and O–H groups in total.